The molecule has 0 atom stereocenters. The highest BCUT2D eigenvalue weighted by Crippen LogP contribution is 2.26. The Hall–Kier alpha value is -2.47. The maximum atomic E-state index is 6.20. The summed E-state index contributed by atoms with van der Waals surface area (Å²) in [4.78, 5) is 0. The van der Waals surface area contributed by atoms with Crippen LogP contribution in [-0.4, -0.2) is 11.4 Å². The van der Waals surface area contributed by atoms with Crippen LogP contribution in [0.3, 0.4) is 0 Å². The maximum Gasteiger partial charge on any atom is 0.180 e. The first-order chi connectivity index (χ1) is 14.1. The van der Waals surface area contributed by atoms with E-state index in [0.29, 0.717) is 21.0 Å². The summed E-state index contributed by atoms with van der Waals surface area (Å²) in [6.07, 6.45) is 1.61. The number of para-hydroxylation sites is 1. The molecule has 0 aliphatic heterocycles. The maximum absolute atomic E-state index is 6.20. The number of benzene rings is 3. The lowest BCUT2D eigenvalue weighted by Gasteiger charge is -2.11. The quantitative estimate of drug-likeness (QED) is 0.270. The van der Waals surface area contributed by atoms with Crippen molar-refractivity contribution in [2.45, 2.75) is 12.4 Å². The molecule has 2 N–H and O–H groups in total. The molecule has 29 heavy (non-hydrogen) atoms. The Morgan fingerprint density at radius 3 is 2.38 bits per heavy atom. The van der Waals surface area contributed by atoms with Crippen molar-refractivity contribution in [1.82, 2.24) is 0 Å². The molecule has 4 nitrogen and oxygen atoms in total. The molecule has 3 aromatic carbocycles. The second-order valence-electron chi connectivity index (χ2n) is 5.98. The summed E-state index contributed by atoms with van der Waals surface area (Å²) >= 11 is 13.8. The van der Waals surface area contributed by atoms with Crippen LogP contribution in [0.5, 0.6) is 5.75 Å². The number of hydrogen-bond acceptors (Lipinski definition) is 4. The lowest BCUT2D eigenvalue weighted by Crippen LogP contribution is -2.06. The van der Waals surface area contributed by atoms with Crippen molar-refractivity contribution < 1.29 is 4.74 Å². The van der Waals surface area contributed by atoms with E-state index >= 15 is 0 Å². The number of nitrogens with zero attached hydrogens (tertiary/aromatic N) is 2. The van der Waals surface area contributed by atoms with E-state index in [-0.39, 0.29) is 6.61 Å². The summed E-state index contributed by atoms with van der Waals surface area (Å²) in [6.45, 7) is 0.252. The molecule has 0 aliphatic carbocycles. The SMILES string of the molecule is NC(=NN=Cc1ccccc1OCc1c(Cl)cccc1Cl)SCc1ccccc1. The average Bonchev–Trinajstić information content (AvgIpc) is 2.73. The number of halogens is 2. The lowest BCUT2D eigenvalue weighted by atomic mass is 10.2. The zero-order valence-electron chi connectivity index (χ0n) is 15.5. The number of hydrogen-bond donors (Lipinski definition) is 1. The van der Waals surface area contributed by atoms with Crippen molar-refractivity contribution in [3.63, 3.8) is 0 Å². The number of rotatable bonds is 7. The van der Waals surface area contributed by atoms with Crippen molar-refractivity contribution in [2.75, 3.05) is 0 Å². The van der Waals surface area contributed by atoms with Crippen molar-refractivity contribution >= 4 is 46.3 Å². The number of amidine groups is 1. The first-order valence-electron chi connectivity index (χ1n) is 8.81. The fraction of sp³-hybridized carbons (Fsp3) is 0.0909. The van der Waals surface area contributed by atoms with Gasteiger partial charge in [0.15, 0.2) is 5.17 Å². The molecule has 0 saturated carbocycles. The second-order valence-corrected chi connectivity index (χ2v) is 7.79. The smallest absolute Gasteiger partial charge is 0.180 e. The first kappa shape index (κ1) is 21.2. The Kier molecular flexibility index (Phi) is 7.99. The van der Waals surface area contributed by atoms with E-state index in [1.54, 1.807) is 24.4 Å². The minimum absolute atomic E-state index is 0.252. The monoisotopic (exact) mass is 443 g/mol. The summed E-state index contributed by atoms with van der Waals surface area (Å²) in [5.74, 6) is 1.39. The molecule has 0 radical (unpaired) electrons. The molecule has 0 spiro atoms. The first-order valence-corrected chi connectivity index (χ1v) is 10.6. The molecule has 3 aromatic rings. The van der Waals surface area contributed by atoms with Gasteiger partial charge in [-0.05, 0) is 29.8 Å². The number of thioether (sulfide) groups is 1. The Balaban J connectivity index is 1.62. The van der Waals surface area contributed by atoms with Crippen molar-refractivity contribution in [1.29, 1.82) is 0 Å². The van der Waals surface area contributed by atoms with Gasteiger partial charge in [0.2, 0.25) is 0 Å². The van der Waals surface area contributed by atoms with Gasteiger partial charge in [0.1, 0.15) is 12.4 Å². The molecule has 0 fully saturated rings. The predicted molar refractivity (Wildman–Crippen MR) is 124 cm³/mol. The van der Waals surface area contributed by atoms with Gasteiger partial charge in [0, 0.05) is 26.9 Å². The van der Waals surface area contributed by atoms with E-state index in [9.17, 15) is 0 Å². The molecule has 0 amide bonds. The predicted octanol–water partition coefficient (Wildman–Crippen LogP) is 6.15. The van der Waals surface area contributed by atoms with Crippen LogP contribution >= 0.6 is 35.0 Å². The summed E-state index contributed by atoms with van der Waals surface area (Å²) < 4.78 is 5.90. The van der Waals surface area contributed by atoms with E-state index in [0.717, 1.165) is 16.9 Å². The molecule has 0 unspecified atom stereocenters. The summed E-state index contributed by atoms with van der Waals surface area (Å²) in [7, 11) is 0. The highest BCUT2D eigenvalue weighted by Gasteiger charge is 2.08. The van der Waals surface area contributed by atoms with Gasteiger partial charge in [0.05, 0.1) is 6.21 Å². The molecular weight excluding hydrogens is 425 g/mol. The van der Waals surface area contributed by atoms with Gasteiger partial charge in [0.25, 0.3) is 0 Å². The van der Waals surface area contributed by atoms with Gasteiger partial charge in [-0.3, -0.25) is 0 Å². The summed E-state index contributed by atoms with van der Waals surface area (Å²) in [5.41, 5.74) is 8.62. The zero-order chi connectivity index (χ0) is 20.5. The van der Waals surface area contributed by atoms with Crippen molar-refractivity contribution in [3.8, 4) is 5.75 Å². The third kappa shape index (κ3) is 6.53. The highest BCUT2D eigenvalue weighted by molar-refractivity contribution is 8.13. The van der Waals surface area contributed by atoms with Crippen LogP contribution in [0.2, 0.25) is 10.0 Å². The molecular formula is C22H19Cl2N3OS. The molecule has 7 heteroatoms. The molecule has 0 saturated heterocycles. The zero-order valence-corrected chi connectivity index (χ0v) is 17.8. The molecule has 148 valence electrons. The summed E-state index contributed by atoms with van der Waals surface area (Å²) in [5, 5.41) is 9.67. The van der Waals surface area contributed by atoms with Gasteiger partial charge < -0.3 is 10.5 Å². The van der Waals surface area contributed by atoms with Crippen LogP contribution in [0.4, 0.5) is 0 Å². The third-order valence-corrected chi connectivity index (χ3v) is 5.50. The van der Waals surface area contributed by atoms with Crippen LogP contribution in [0.25, 0.3) is 0 Å². The van der Waals surface area contributed by atoms with Gasteiger partial charge in [-0.2, -0.15) is 5.10 Å². The minimum Gasteiger partial charge on any atom is -0.488 e. The van der Waals surface area contributed by atoms with Crippen molar-refractivity contribution in [3.05, 3.63) is 99.5 Å². The van der Waals surface area contributed by atoms with Gasteiger partial charge in [-0.25, -0.2) is 0 Å². The van der Waals surface area contributed by atoms with Crippen LogP contribution in [0, 0.1) is 0 Å². The summed E-state index contributed by atoms with van der Waals surface area (Å²) in [6, 6.07) is 22.9. The molecule has 0 aromatic heterocycles. The molecule has 0 heterocycles. The second kappa shape index (κ2) is 10.9. The van der Waals surface area contributed by atoms with E-state index < -0.39 is 0 Å². The number of nitrogens with two attached hydrogens (primary N) is 1. The van der Waals surface area contributed by atoms with E-state index in [1.165, 1.54) is 17.3 Å². The van der Waals surface area contributed by atoms with Crippen LogP contribution in [0.15, 0.2) is 83.0 Å². The van der Waals surface area contributed by atoms with Crippen LogP contribution in [-0.2, 0) is 12.4 Å². The highest BCUT2D eigenvalue weighted by atomic mass is 35.5. The standard InChI is InChI=1S/C22H19Cl2N3OS/c23-19-10-6-11-20(24)18(19)14-28-21-12-5-4-9-17(21)13-26-27-22(25)29-15-16-7-2-1-3-8-16/h1-13H,14-15H2,(H2,25,27). The normalized spacial score (nSPS) is 11.7. The Morgan fingerprint density at radius 1 is 0.931 bits per heavy atom. The average molecular weight is 444 g/mol. The largest absolute Gasteiger partial charge is 0.488 e. The minimum atomic E-state index is 0.252. The van der Waals surface area contributed by atoms with Gasteiger partial charge in [-0.1, -0.05) is 83.5 Å². The van der Waals surface area contributed by atoms with Gasteiger partial charge in [-0.15, -0.1) is 5.10 Å². The van der Waals surface area contributed by atoms with E-state index in [2.05, 4.69) is 10.2 Å². The van der Waals surface area contributed by atoms with Gasteiger partial charge >= 0.3 is 0 Å². The third-order valence-electron chi connectivity index (χ3n) is 3.94. The van der Waals surface area contributed by atoms with Crippen LogP contribution < -0.4 is 10.5 Å². The van der Waals surface area contributed by atoms with Crippen molar-refractivity contribution in [2.24, 2.45) is 15.9 Å². The molecule has 0 bridgehead atoms. The van der Waals surface area contributed by atoms with E-state index in [4.69, 9.17) is 33.7 Å². The topological polar surface area (TPSA) is 60.0 Å². The van der Waals surface area contributed by atoms with Crippen LogP contribution in [0.1, 0.15) is 16.7 Å². The Bertz CT molecular complexity index is 990. The molecule has 0 aliphatic rings. The Morgan fingerprint density at radius 2 is 1.62 bits per heavy atom. The molecule has 3 rings (SSSR count). The lowest BCUT2D eigenvalue weighted by molar-refractivity contribution is 0.306. The fourth-order valence-corrected chi connectivity index (χ4v) is 3.57. The Labute approximate surface area is 184 Å². The fourth-order valence-electron chi connectivity index (χ4n) is 2.45. The van der Waals surface area contributed by atoms with E-state index in [1.807, 2.05) is 54.6 Å². The number of ether oxygens (including phenoxy) is 1.